The molecule has 13 nitrogen and oxygen atoms in total. The summed E-state index contributed by atoms with van der Waals surface area (Å²) in [5.74, 6) is -0.169. The summed E-state index contributed by atoms with van der Waals surface area (Å²) >= 11 is 0. The van der Waals surface area contributed by atoms with E-state index < -0.39 is 41.3 Å². The molecule has 2 fully saturated rings. The minimum atomic E-state index is -1.25. The lowest BCUT2D eigenvalue weighted by Crippen LogP contribution is -2.52. The number of aliphatic hydroxyl groups excluding tert-OH is 1. The minimum absolute atomic E-state index is 0.0787. The number of benzene rings is 4. The summed E-state index contributed by atoms with van der Waals surface area (Å²) in [6.07, 6.45) is -0.568. The Labute approximate surface area is 347 Å². The number of fused-ring (bicyclic) bond motifs is 3. The zero-order valence-electron chi connectivity index (χ0n) is 33.8. The fraction of sp³-hybridized carbons (Fsp3) is 0.348. The molecule has 4 aromatic carbocycles. The van der Waals surface area contributed by atoms with Crippen LogP contribution in [-0.4, -0.2) is 81.4 Å². The maximum Gasteiger partial charge on any atom is 0.230 e. The number of para-hydroxylation sites is 3. The van der Waals surface area contributed by atoms with Gasteiger partial charge in [0.1, 0.15) is 42.0 Å². The topological polar surface area (TPSA) is 142 Å². The van der Waals surface area contributed by atoms with Gasteiger partial charge in [-0.15, -0.1) is 0 Å². The molecule has 5 heterocycles. The first-order valence-electron chi connectivity index (χ1n) is 20.1. The molecule has 0 unspecified atom stereocenters. The number of nitrogens with one attached hydrogen (secondary N) is 1. The monoisotopic (exact) mass is 814 g/mol. The molecule has 0 radical (unpaired) electrons. The number of carbonyl (C=O) groups excluding carboxylic acids is 1. The number of piperidine rings is 1. The predicted molar refractivity (Wildman–Crippen MR) is 221 cm³/mol. The number of anilines is 2. The van der Waals surface area contributed by atoms with Crippen molar-refractivity contribution < 1.29 is 38.0 Å². The van der Waals surface area contributed by atoms with Crippen molar-refractivity contribution in [3.8, 4) is 11.5 Å². The molecule has 310 valence electrons. The Morgan fingerprint density at radius 2 is 1.55 bits per heavy atom. The van der Waals surface area contributed by atoms with E-state index in [0.717, 1.165) is 16.7 Å². The highest BCUT2D eigenvalue weighted by atomic mass is 19.1. The van der Waals surface area contributed by atoms with E-state index >= 15 is 0 Å². The van der Waals surface area contributed by atoms with Crippen molar-refractivity contribution >= 4 is 28.6 Å². The lowest BCUT2D eigenvalue weighted by Gasteiger charge is -2.43. The van der Waals surface area contributed by atoms with Crippen LogP contribution in [0.2, 0.25) is 0 Å². The Hall–Kier alpha value is -5.77. The largest absolute Gasteiger partial charge is 0.457 e. The van der Waals surface area contributed by atoms with E-state index in [0.29, 0.717) is 54.3 Å². The van der Waals surface area contributed by atoms with Crippen LogP contribution in [0.1, 0.15) is 56.5 Å². The Balaban J connectivity index is 1.08. The first-order valence-corrected chi connectivity index (χ1v) is 20.1. The van der Waals surface area contributed by atoms with Crippen molar-refractivity contribution in [2.45, 2.75) is 69.5 Å². The number of carbonyl (C=O) groups is 1. The van der Waals surface area contributed by atoms with Gasteiger partial charge in [-0.2, -0.15) is 0 Å². The molecule has 0 aliphatic carbocycles. The van der Waals surface area contributed by atoms with Gasteiger partial charge in [0.15, 0.2) is 34.6 Å². The summed E-state index contributed by atoms with van der Waals surface area (Å²) in [5.41, 5.74) is 1.83. The number of ether oxygens (including phenoxy) is 5. The van der Waals surface area contributed by atoms with Crippen LogP contribution in [0.25, 0.3) is 11.2 Å². The molecular weight excluding hydrogens is 768 g/mol. The number of nitrogens with zero attached hydrogens (tertiary/aromatic N) is 5. The molecule has 4 atom stereocenters. The lowest BCUT2D eigenvalue weighted by atomic mass is 9.77. The van der Waals surface area contributed by atoms with Crippen LogP contribution in [0.5, 0.6) is 11.5 Å². The lowest BCUT2D eigenvalue weighted by molar-refractivity contribution is -0.275. The smallest absolute Gasteiger partial charge is 0.230 e. The number of imidazole rings is 1. The fourth-order valence-corrected chi connectivity index (χ4v) is 8.43. The SMILES string of the molecule is COC1(O[C@@H]2[C@H](O)[C@@H](COC3(c4ccccc4)c4ccccc4Oc4ccccc43)O[C@H]2n2cnc3c(NC(=O)C(C)(C)C)ncnc32)CCN(c2ccccc2F)CC1. The zero-order valence-corrected chi connectivity index (χ0v) is 33.8. The molecule has 3 aliphatic rings. The first kappa shape index (κ1) is 39.7. The van der Waals surface area contributed by atoms with Crippen LogP contribution in [-0.2, 0) is 29.3 Å². The molecule has 2 aromatic heterocycles. The second kappa shape index (κ2) is 15.7. The van der Waals surface area contributed by atoms with E-state index in [1.807, 2.05) is 111 Å². The summed E-state index contributed by atoms with van der Waals surface area (Å²) in [4.78, 5) is 28.5. The summed E-state index contributed by atoms with van der Waals surface area (Å²) in [5, 5.41) is 15.3. The average molecular weight is 815 g/mol. The number of hydrogen-bond acceptors (Lipinski definition) is 11. The first-order chi connectivity index (χ1) is 29.0. The van der Waals surface area contributed by atoms with Crippen molar-refractivity contribution in [2.24, 2.45) is 5.41 Å². The fourth-order valence-electron chi connectivity index (χ4n) is 8.43. The standard InChI is InChI=1S/C46H47FN6O7/c1-44(2,3)43(55)51-40-37-41(49-27-48-40)53(28-50-37)42-39(60-45(56-4)22-24-52(25-23-45)33-19-11-10-18-32(33)47)38(54)36(59-42)26-57-46(29-14-6-5-7-15-29)30-16-8-12-20-34(30)58-35-21-13-9-17-31(35)46/h5-21,27-28,36,38-39,42,54H,22-26H2,1-4H3,(H,48,49,51,55)/t36-,38-,39-,42-/m1/s1. The van der Waals surface area contributed by atoms with Crippen molar-refractivity contribution in [2.75, 3.05) is 37.0 Å². The van der Waals surface area contributed by atoms with Crippen LogP contribution in [0.15, 0.2) is 116 Å². The molecule has 0 spiro atoms. The van der Waals surface area contributed by atoms with Gasteiger partial charge in [0.2, 0.25) is 5.91 Å². The predicted octanol–water partition coefficient (Wildman–Crippen LogP) is 7.35. The van der Waals surface area contributed by atoms with Crippen molar-refractivity contribution in [3.05, 3.63) is 138 Å². The Bertz CT molecular complexity index is 2460. The maximum atomic E-state index is 14.9. The molecule has 0 saturated carbocycles. The molecule has 14 heteroatoms. The summed E-state index contributed by atoms with van der Waals surface area (Å²) in [7, 11) is 1.57. The Kier molecular flexibility index (Phi) is 10.4. The second-order valence-corrected chi connectivity index (χ2v) is 16.4. The van der Waals surface area contributed by atoms with E-state index in [9.17, 15) is 14.3 Å². The van der Waals surface area contributed by atoms with Crippen molar-refractivity contribution in [1.29, 1.82) is 0 Å². The van der Waals surface area contributed by atoms with Crippen LogP contribution in [0.4, 0.5) is 15.9 Å². The van der Waals surface area contributed by atoms with Crippen LogP contribution < -0.4 is 15.0 Å². The molecule has 3 aliphatic heterocycles. The van der Waals surface area contributed by atoms with Crippen molar-refractivity contribution in [3.63, 3.8) is 0 Å². The number of amides is 1. The Morgan fingerprint density at radius 1 is 0.900 bits per heavy atom. The van der Waals surface area contributed by atoms with E-state index in [2.05, 4.69) is 20.3 Å². The highest BCUT2D eigenvalue weighted by Gasteiger charge is 2.53. The molecule has 1 amide bonds. The van der Waals surface area contributed by atoms with E-state index in [-0.39, 0.29) is 24.1 Å². The highest BCUT2D eigenvalue weighted by Crippen LogP contribution is 2.53. The summed E-state index contributed by atoms with van der Waals surface area (Å²) < 4.78 is 50.0. The third-order valence-corrected chi connectivity index (χ3v) is 11.7. The minimum Gasteiger partial charge on any atom is -0.457 e. The van der Waals surface area contributed by atoms with E-state index in [1.54, 1.807) is 30.1 Å². The van der Waals surface area contributed by atoms with Gasteiger partial charge in [0, 0.05) is 49.6 Å². The highest BCUT2D eigenvalue weighted by molar-refractivity contribution is 5.99. The third-order valence-electron chi connectivity index (χ3n) is 11.7. The zero-order chi connectivity index (χ0) is 41.6. The molecular formula is C46H47FN6O7. The van der Waals surface area contributed by atoms with Crippen molar-refractivity contribution in [1.82, 2.24) is 19.5 Å². The van der Waals surface area contributed by atoms with Gasteiger partial charge in [0.05, 0.1) is 18.6 Å². The summed E-state index contributed by atoms with van der Waals surface area (Å²) in [6, 6.07) is 32.1. The number of aliphatic hydroxyl groups is 1. The Morgan fingerprint density at radius 3 is 2.22 bits per heavy atom. The molecule has 6 aromatic rings. The normalized spacial score (nSPS) is 21.9. The van der Waals surface area contributed by atoms with Crippen LogP contribution in [0.3, 0.4) is 0 Å². The molecule has 2 N–H and O–H groups in total. The number of halogens is 1. The van der Waals surface area contributed by atoms with Gasteiger partial charge in [-0.05, 0) is 29.8 Å². The van der Waals surface area contributed by atoms with Gasteiger partial charge in [0.25, 0.3) is 0 Å². The number of methoxy groups -OCH3 is 1. The van der Waals surface area contributed by atoms with E-state index in [4.69, 9.17) is 23.7 Å². The molecule has 60 heavy (non-hydrogen) atoms. The molecule has 2 saturated heterocycles. The van der Waals surface area contributed by atoms with Gasteiger partial charge >= 0.3 is 0 Å². The average Bonchev–Trinajstić information content (AvgIpc) is 3.83. The number of aromatic nitrogens is 4. The van der Waals surface area contributed by atoms with Crippen LogP contribution >= 0.6 is 0 Å². The molecule has 9 rings (SSSR count). The second-order valence-electron chi connectivity index (χ2n) is 16.4. The van der Waals surface area contributed by atoms with Gasteiger partial charge in [-0.3, -0.25) is 9.36 Å². The summed E-state index contributed by atoms with van der Waals surface area (Å²) in [6.45, 7) is 6.22. The number of rotatable bonds is 10. The quantitative estimate of drug-likeness (QED) is 0.134. The number of hydrogen-bond donors (Lipinski definition) is 2. The van der Waals surface area contributed by atoms with Gasteiger partial charge in [-0.1, -0.05) is 99.6 Å². The molecule has 0 bridgehead atoms. The van der Waals surface area contributed by atoms with E-state index in [1.165, 1.54) is 12.4 Å². The third kappa shape index (κ3) is 6.97. The maximum absolute atomic E-state index is 14.9. The van der Waals surface area contributed by atoms with Gasteiger partial charge in [-0.25, -0.2) is 19.3 Å². The van der Waals surface area contributed by atoms with Crippen LogP contribution in [0, 0.1) is 11.2 Å². The van der Waals surface area contributed by atoms with Gasteiger partial charge < -0.3 is 39.0 Å².